The first-order chi connectivity index (χ1) is 6.81. The molecule has 0 aliphatic heterocycles. The molecule has 0 N–H and O–H groups in total. The van der Waals surface area contributed by atoms with E-state index in [1.54, 1.807) is 6.08 Å². The van der Waals surface area contributed by atoms with E-state index in [1.807, 2.05) is 30.3 Å². The third-order valence-corrected chi connectivity index (χ3v) is 2.08. The summed E-state index contributed by atoms with van der Waals surface area (Å²) in [6, 6.07) is 7.86. The molecule has 1 heteroatoms. The van der Waals surface area contributed by atoms with Crippen LogP contribution in [-0.4, -0.2) is 6.10 Å². The van der Waals surface area contributed by atoms with E-state index < -0.39 is 0 Å². The van der Waals surface area contributed by atoms with E-state index >= 15 is 0 Å². The SMILES string of the molecule is C=Cc1ccccc1OC(C=C)CC. The Balaban J connectivity index is 2.84. The summed E-state index contributed by atoms with van der Waals surface area (Å²) >= 11 is 0. The molecule has 74 valence electrons. The first-order valence-corrected chi connectivity index (χ1v) is 4.82. The fourth-order valence-electron chi connectivity index (χ4n) is 1.22. The number of ether oxygens (including phenoxy) is 1. The highest BCUT2D eigenvalue weighted by Gasteiger charge is 2.04. The van der Waals surface area contributed by atoms with Crippen LogP contribution in [0.1, 0.15) is 18.9 Å². The molecule has 0 bridgehead atoms. The van der Waals surface area contributed by atoms with Gasteiger partial charge in [0.1, 0.15) is 11.9 Å². The minimum absolute atomic E-state index is 0.0797. The number of benzene rings is 1. The molecular weight excluding hydrogens is 172 g/mol. The Morgan fingerprint density at radius 2 is 2.07 bits per heavy atom. The summed E-state index contributed by atoms with van der Waals surface area (Å²) in [5, 5.41) is 0. The Kier molecular flexibility index (Phi) is 3.99. The molecule has 1 atom stereocenters. The Bertz CT molecular complexity index is 315. The number of hydrogen-bond acceptors (Lipinski definition) is 1. The van der Waals surface area contributed by atoms with Gasteiger partial charge in [0.2, 0.25) is 0 Å². The van der Waals surface area contributed by atoms with E-state index in [0.29, 0.717) is 0 Å². The number of para-hydroxylation sites is 1. The Morgan fingerprint density at radius 1 is 1.36 bits per heavy atom. The normalized spacial score (nSPS) is 11.8. The van der Waals surface area contributed by atoms with Crippen LogP contribution in [0, 0.1) is 0 Å². The zero-order chi connectivity index (χ0) is 10.4. The predicted molar refractivity (Wildman–Crippen MR) is 61.4 cm³/mol. The molecule has 0 spiro atoms. The molecule has 0 fully saturated rings. The molecule has 1 rings (SSSR count). The van der Waals surface area contributed by atoms with Gasteiger partial charge in [0.05, 0.1) is 0 Å². The van der Waals surface area contributed by atoms with Crippen LogP contribution in [0.3, 0.4) is 0 Å². The topological polar surface area (TPSA) is 9.23 Å². The molecular formula is C13H16O. The second-order valence-corrected chi connectivity index (χ2v) is 3.04. The van der Waals surface area contributed by atoms with Crippen LogP contribution < -0.4 is 4.74 Å². The molecule has 14 heavy (non-hydrogen) atoms. The van der Waals surface area contributed by atoms with Gasteiger partial charge >= 0.3 is 0 Å². The van der Waals surface area contributed by atoms with Gasteiger partial charge in [-0.05, 0) is 12.5 Å². The van der Waals surface area contributed by atoms with Crippen LogP contribution in [0.4, 0.5) is 0 Å². The van der Waals surface area contributed by atoms with Gasteiger partial charge in [-0.1, -0.05) is 50.4 Å². The Labute approximate surface area is 85.7 Å². The zero-order valence-corrected chi connectivity index (χ0v) is 8.57. The van der Waals surface area contributed by atoms with Gasteiger partial charge < -0.3 is 4.74 Å². The maximum absolute atomic E-state index is 5.75. The van der Waals surface area contributed by atoms with Gasteiger partial charge in [-0.15, -0.1) is 0 Å². The summed E-state index contributed by atoms with van der Waals surface area (Å²) in [5.74, 6) is 0.870. The van der Waals surface area contributed by atoms with Crippen molar-refractivity contribution in [2.24, 2.45) is 0 Å². The first kappa shape index (κ1) is 10.6. The lowest BCUT2D eigenvalue weighted by atomic mass is 10.2. The summed E-state index contributed by atoms with van der Waals surface area (Å²) in [4.78, 5) is 0. The molecule has 0 amide bonds. The van der Waals surface area contributed by atoms with E-state index in [4.69, 9.17) is 4.74 Å². The van der Waals surface area contributed by atoms with Crippen molar-refractivity contribution in [2.75, 3.05) is 0 Å². The minimum atomic E-state index is 0.0797. The molecule has 1 aromatic carbocycles. The highest BCUT2D eigenvalue weighted by molar-refractivity contribution is 5.55. The highest BCUT2D eigenvalue weighted by Crippen LogP contribution is 2.21. The molecule has 0 saturated carbocycles. The zero-order valence-electron chi connectivity index (χ0n) is 8.57. The molecule has 1 nitrogen and oxygen atoms in total. The lowest BCUT2D eigenvalue weighted by molar-refractivity contribution is 0.245. The maximum atomic E-state index is 5.75. The van der Waals surface area contributed by atoms with Crippen molar-refractivity contribution in [3.8, 4) is 5.75 Å². The summed E-state index contributed by atoms with van der Waals surface area (Å²) in [6.07, 6.45) is 4.62. The van der Waals surface area contributed by atoms with Crippen molar-refractivity contribution in [3.05, 3.63) is 49.1 Å². The first-order valence-electron chi connectivity index (χ1n) is 4.82. The van der Waals surface area contributed by atoms with Gasteiger partial charge in [0, 0.05) is 5.56 Å². The van der Waals surface area contributed by atoms with Gasteiger partial charge in [-0.3, -0.25) is 0 Å². The van der Waals surface area contributed by atoms with Crippen molar-refractivity contribution in [3.63, 3.8) is 0 Å². The number of rotatable bonds is 5. The summed E-state index contributed by atoms with van der Waals surface area (Å²) in [7, 11) is 0. The molecule has 1 unspecified atom stereocenters. The monoisotopic (exact) mass is 188 g/mol. The third-order valence-electron chi connectivity index (χ3n) is 2.08. The summed E-state index contributed by atoms with van der Waals surface area (Å²) < 4.78 is 5.75. The van der Waals surface area contributed by atoms with Gasteiger partial charge in [0.15, 0.2) is 0 Å². The van der Waals surface area contributed by atoms with Crippen LogP contribution in [-0.2, 0) is 0 Å². The van der Waals surface area contributed by atoms with E-state index in [2.05, 4.69) is 20.1 Å². The standard InChI is InChI=1S/C13H16O/c1-4-11-9-7-8-10-13(11)14-12(5-2)6-3/h4-5,7-10,12H,1-2,6H2,3H3. The fourth-order valence-corrected chi connectivity index (χ4v) is 1.22. The maximum Gasteiger partial charge on any atom is 0.127 e. The summed E-state index contributed by atoms with van der Waals surface area (Å²) in [5.41, 5.74) is 1.02. The average Bonchev–Trinajstić information content (AvgIpc) is 2.26. The van der Waals surface area contributed by atoms with Crippen molar-refractivity contribution < 1.29 is 4.74 Å². The molecule has 0 aliphatic carbocycles. The van der Waals surface area contributed by atoms with E-state index in [-0.39, 0.29) is 6.10 Å². The summed E-state index contributed by atoms with van der Waals surface area (Å²) in [6.45, 7) is 9.55. The second-order valence-electron chi connectivity index (χ2n) is 3.04. The van der Waals surface area contributed by atoms with Crippen LogP contribution in [0.25, 0.3) is 6.08 Å². The molecule has 0 radical (unpaired) electrons. The average molecular weight is 188 g/mol. The molecule has 1 aromatic rings. The lowest BCUT2D eigenvalue weighted by Gasteiger charge is -2.15. The quantitative estimate of drug-likeness (QED) is 0.640. The van der Waals surface area contributed by atoms with Gasteiger partial charge in [-0.2, -0.15) is 0 Å². The van der Waals surface area contributed by atoms with E-state index in [1.165, 1.54) is 0 Å². The van der Waals surface area contributed by atoms with Crippen molar-refractivity contribution in [1.82, 2.24) is 0 Å². The van der Waals surface area contributed by atoms with Crippen LogP contribution in [0.15, 0.2) is 43.5 Å². The van der Waals surface area contributed by atoms with Crippen LogP contribution in [0.5, 0.6) is 5.75 Å². The minimum Gasteiger partial charge on any atom is -0.486 e. The molecule has 0 saturated heterocycles. The number of hydrogen-bond donors (Lipinski definition) is 0. The smallest absolute Gasteiger partial charge is 0.127 e. The molecule has 0 aromatic heterocycles. The lowest BCUT2D eigenvalue weighted by Crippen LogP contribution is -2.11. The Hall–Kier alpha value is -1.50. The van der Waals surface area contributed by atoms with Crippen LogP contribution >= 0.6 is 0 Å². The Morgan fingerprint density at radius 3 is 2.64 bits per heavy atom. The third kappa shape index (κ3) is 2.49. The highest BCUT2D eigenvalue weighted by atomic mass is 16.5. The predicted octanol–water partition coefficient (Wildman–Crippen LogP) is 3.67. The molecule has 0 heterocycles. The van der Waals surface area contributed by atoms with Crippen molar-refractivity contribution in [2.45, 2.75) is 19.4 Å². The fraction of sp³-hybridized carbons (Fsp3) is 0.231. The van der Waals surface area contributed by atoms with Crippen molar-refractivity contribution in [1.29, 1.82) is 0 Å². The van der Waals surface area contributed by atoms with E-state index in [0.717, 1.165) is 17.7 Å². The second kappa shape index (κ2) is 5.28. The van der Waals surface area contributed by atoms with Gasteiger partial charge in [0.25, 0.3) is 0 Å². The largest absolute Gasteiger partial charge is 0.486 e. The van der Waals surface area contributed by atoms with Crippen LogP contribution in [0.2, 0.25) is 0 Å². The van der Waals surface area contributed by atoms with Gasteiger partial charge in [-0.25, -0.2) is 0 Å². The van der Waals surface area contributed by atoms with Crippen molar-refractivity contribution >= 4 is 6.08 Å². The molecule has 0 aliphatic rings. The van der Waals surface area contributed by atoms with E-state index in [9.17, 15) is 0 Å².